The molecule has 0 radical (unpaired) electrons. The number of nitrogens with two attached hydrogens (primary N) is 1. The van der Waals surface area contributed by atoms with Crippen LogP contribution in [0.4, 0.5) is 16.4 Å². The van der Waals surface area contributed by atoms with Crippen molar-refractivity contribution in [3.05, 3.63) is 41.6 Å². The third-order valence-corrected chi connectivity index (χ3v) is 6.44. The number of nitrogens with zero attached hydrogens (tertiary/aromatic N) is 5. The van der Waals surface area contributed by atoms with E-state index in [1.807, 2.05) is 52.0 Å². The van der Waals surface area contributed by atoms with Gasteiger partial charge in [0.2, 0.25) is 5.95 Å². The summed E-state index contributed by atoms with van der Waals surface area (Å²) in [7, 11) is 0. The molecule has 0 saturated heterocycles. The molecule has 194 valence electrons. The Bertz CT molecular complexity index is 1210. The minimum Gasteiger partial charge on any atom is -0.460 e. The Morgan fingerprint density at radius 2 is 1.78 bits per heavy atom. The lowest BCUT2D eigenvalue weighted by Gasteiger charge is -2.32. The number of ether oxygens (including phenoxy) is 2. The molecule has 1 amide bonds. The molecular weight excluding hydrogens is 456 g/mol. The summed E-state index contributed by atoms with van der Waals surface area (Å²) in [5.41, 5.74) is 8.52. The molecule has 4 rings (SSSR count). The second-order valence-corrected chi connectivity index (χ2v) is 10.8. The molecule has 0 unspecified atom stereocenters. The van der Waals surface area contributed by atoms with Crippen LogP contribution in [0.1, 0.15) is 96.7 Å². The Labute approximate surface area is 213 Å². The van der Waals surface area contributed by atoms with E-state index in [2.05, 4.69) is 18.9 Å². The molecule has 3 aromatic rings. The average molecular weight is 495 g/mol. The van der Waals surface area contributed by atoms with E-state index >= 15 is 0 Å². The smallest absolute Gasteiger partial charge is 0.417 e. The van der Waals surface area contributed by atoms with Gasteiger partial charge in [0.15, 0.2) is 5.65 Å². The number of carbonyl (C=O) groups excluding carboxylic acids is 1. The van der Waals surface area contributed by atoms with Crippen molar-refractivity contribution in [2.75, 3.05) is 10.6 Å². The molecule has 0 aliphatic heterocycles. The number of fused-ring (bicyclic) bond motifs is 1. The molecule has 1 saturated carbocycles. The minimum absolute atomic E-state index is 0.0524. The molecular formula is C27H38N6O3. The maximum absolute atomic E-state index is 13.7. The fourth-order valence-corrected chi connectivity index (χ4v) is 4.56. The zero-order valence-electron chi connectivity index (χ0n) is 22.2. The molecule has 1 aromatic carbocycles. The number of rotatable bonds is 6. The van der Waals surface area contributed by atoms with Crippen molar-refractivity contribution in [1.82, 2.24) is 19.6 Å². The van der Waals surface area contributed by atoms with Crippen molar-refractivity contribution in [2.45, 2.75) is 97.3 Å². The number of para-hydroxylation sites is 1. The van der Waals surface area contributed by atoms with Crippen molar-refractivity contribution >= 4 is 23.4 Å². The van der Waals surface area contributed by atoms with Crippen LogP contribution in [0.3, 0.4) is 0 Å². The number of nitrogen functional groups attached to an aromatic ring is 1. The predicted octanol–water partition coefficient (Wildman–Crippen LogP) is 6.04. The largest absolute Gasteiger partial charge is 0.460 e. The van der Waals surface area contributed by atoms with Crippen LogP contribution in [-0.2, 0) is 4.74 Å². The van der Waals surface area contributed by atoms with Crippen LogP contribution in [0.15, 0.2) is 30.5 Å². The van der Waals surface area contributed by atoms with Gasteiger partial charge < -0.3 is 15.2 Å². The highest BCUT2D eigenvalue weighted by atomic mass is 16.6. The maximum atomic E-state index is 13.7. The summed E-state index contributed by atoms with van der Waals surface area (Å²) in [5.74, 6) is 0.452. The lowest BCUT2D eigenvalue weighted by atomic mass is 9.98. The SMILES string of the molecule is CC(C)c1cnn2c(N(C(=O)OC(C)(C)C)[C@@H](C)c3ccccc3N)nc(OC3CCCCC3)nc12. The third-order valence-electron chi connectivity index (χ3n) is 6.44. The monoisotopic (exact) mass is 494 g/mol. The van der Waals surface area contributed by atoms with Gasteiger partial charge in [0.25, 0.3) is 0 Å². The van der Waals surface area contributed by atoms with Crippen LogP contribution in [0.2, 0.25) is 0 Å². The van der Waals surface area contributed by atoms with E-state index in [0.717, 1.165) is 36.8 Å². The van der Waals surface area contributed by atoms with Gasteiger partial charge >= 0.3 is 12.1 Å². The second kappa shape index (κ2) is 10.3. The van der Waals surface area contributed by atoms with Gasteiger partial charge in [-0.1, -0.05) is 38.5 Å². The Morgan fingerprint density at radius 3 is 2.42 bits per heavy atom. The molecule has 9 heteroatoms. The fourth-order valence-electron chi connectivity index (χ4n) is 4.56. The van der Waals surface area contributed by atoms with Crippen molar-refractivity contribution in [3.8, 4) is 6.01 Å². The van der Waals surface area contributed by atoms with Crippen LogP contribution in [0.25, 0.3) is 5.65 Å². The van der Waals surface area contributed by atoms with Crippen LogP contribution in [-0.4, -0.2) is 37.4 Å². The zero-order valence-corrected chi connectivity index (χ0v) is 22.2. The van der Waals surface area contributed by atoms with E-state index in [9.17, 15) is 4.79 Å². The van der Waals surface area contributed by atoms with E-state index in [1.54, 1.807) is 10.7 Å². The number of benzene rings is 1. The summed E-state index contributed by atoms with van der Waals surface area (Å²) < 4.78 is 13.7. The summed E-state index contributed by atoms with van der Waals surface area (Å²) in [4.78, 5) is 24.7. The van der Waals surface area contributed by atoms with Gasteiger partial charge in [0.05, 0.1) is 12.2 Å². The molecule has 2 aromatic heterocycles. The van der Waals surface area contributed by atoms with E-state index in [1.165, 1.54) is 11.3 Å². The van der Waals surface area contributed by atoms with Crippen molar-refractivity contribution in [1.29, 1.82) is 0 Å². The molecule has 1 fully saturated rings. The number of anilines is 2. The van der Waals surface area contributed by atoms with Crippen molar-refractivity contribution in [2.24, 2.45) is 0 Å². The summed E-state index contributed by atoms with van der Waals surface area (Å²) in [6.45, 7) is 11.6. The van der Waals surface area contributed by atoms with E-state index in [-0.39, 0.29) is 24.0 Å². The second-order valence-electron chi connectivity index (χ2n) is 10.8. The van der Waals surface area contributed by atoms with Crippen molar-refractivity contribution in [3.63, 3.8) is 0 Å². The summed E-state index contributed by atoms with van der Waals surface area (Å²) in [5, 5.41) is 4.58. The van der Waals surface area contributed by atoms with Crippen LogP contribution in [0, 0.1) is 0 Å². The maximum Gasteiger partial charge on any atom is 0.417 e. The lowest BCUT2D eigenvalue weighted by Crippen LogP contribution is -2.40. The van der Waals surface area contributed by atoms with Gasteiger partial charge in [-0.05, 0) is 70.9 Å². The third kappa shape index (κ3) is 5.55. The van der Waals surface area contributed by atoms with Gasteiger partial charge in [0, 0.05) is 11.3 Å². The molecule has 2 N–H and O–H groups in total. The number of hydrogen-bond donors (Lipinski definition) is 1. The molecule has 1 aliphatic rings. The molecule has 9 nitrogen and oxygen atoms in total. The summed E-state index contributed by atoms with van der Waals surface area (Å²) in [6, 6.07) is 7.23. The standard InChI is InChI=1S/C27H38N6O3/c1-17(2)21-16-29-33-23(21)30-24(35-19-12-8-7-9-13-19)31-25(33)32(26(34)36-27(4,5)6)18(3)20-14-10-11-15-22(20)28/h10-11,14-19H,7-9,12-13,28H2,1-6H3/t18-/m0/s1. The first kappa shape index (κ1) is 25.7. The Balaban J connectivity index is 1.88. The molecule has 0 bridgehead atoms. The summed E-state index contributed by atoms with van der Waals surface area (Å²) >= 11 is 0. The lowest BCUT2D eigenvalue weighted by molar-refractivity contribution is 0.0563. The average Bonchev–Trinajstić information content (AvgIpc) is 3.23. The Kier molecular flexibility index (Phi) is 7.38. The van der Waals surface area contributed by atoms with Crippen LogP contribution < -0.4 is 15.4 Å². The van der Waals surface area contributed by atoms with E-state index in [0.29, 0.717) is 11.3 Å². The number of amides is 1. The van der Waals surface area contributed by atoms with Gasteiger partial charge in [0.1, 0.15) is 11.7 Å². The number of aromatic nitrogens is 4. The van der Waals surface area contributed by atoms with Gasteiger partial charge in [-0.3, -0.25) is 0 Å². The van der Waals surface area contributed by atoms with Crippen LogP contribution >= 0.6 is 0 Å². The van der Waals surface area contributed by atoms with E-state index in [4.69, 9.17) is 25.2 Å². The molecule has 0 spiro atoms. The first-order chi connectivity index (χ1) is 17.0. The quantitative estimate of drug-likeness (QED) is 0.416. The van der Waals surface area contributed by atoms with Gasteiger partial charge in [-0.2, -0.15) is 19.6 Å². The normalized spacial score (nSPS) is 15.8. The predicted molar refractivity (Wildman–Crippen MR) is 140 cm³/mol. The highest BCUT2D eigenvalue weighted by Gasteiger charge is 2.34. The zero-order chi connectivity index (χ0) is 26.0. The highest BCUT2D eigenvalue weighted by molar-refractivity contribution is 5.87. The molecule has 2 heterocycles. The van der Waals surface area contributed by atoms with Gasteiger partial charge in [-0.15, -0.1) is 0 Å². The fraction of sp³-hybridized carbons (Fsp3) is 0.556. The highest BCUT2D eigenvalue weighted by Crippen LogP contribution is 2.33. The van der Waals surface area contributed by atoms with Gasteiger partial charge in [-0.25, -0.2) is 9.69 Å². The van der Waals surface area contributed by atoms with Crippen LogP contribution in [0.5, 0.6) is 6.01 Å². The van der Waals surface area contributed by atoms with Crippen molar-refractivity contribution < 1.29 is 14.3 Å². The first-order valence-corrected chi connectivity index (χ1v) is 12.8. The summed E-state index contributed by atoms with van der Waals surface area (Å²) in [6.07, 6.45) is 6.67. The Hall–Kier alpha value is -3.36. The molecule has 36 heavy (non-hydrogen) atoms. The number of hydrogen-bond acceptors (Lipinski definition) is 7. The molecule has 1 atom stereocenters. The topological polar surface area (TPSA) is 108 Å². The van der Waals surface area contributed by atoms with E-state index < -0.39 is 17.7 Å². The Morgan fingerprint density at radius 1 is 1.08 bits per heavy atom. The molecule has 1 aliphatic carbocycles. The number of carbonyl (C=O) groups is 1. The minimum atomic E-state index is -0.710. The first-order valence-electron chi connectivity index (χ1n) is 12.8.